The molecule has 0 radical (unpaired) electrons. The van der Waals surface area contributed by atoms with Crippen molar-refractivity contribution in [2.45, 2.75) is 13.3 Å². The number of aliphatic imine (C=N–C) groups is 1. The normalized spacial score (nSPS) is 12.2. The van der Waals surface area contributed by atoms with E-state index in [0.717, 1.165) is 23.3 Å². The third-order valence-electron chi connectivity index (χ3n) is 2.65. The molecule has 0 heterocycles. The lowest BCUT2D eigenvalue weighted by atomic mass is 9.99. The number of allylic oxidation sites excluding steroid dienone is 1. The Morgan fingerprint density at radius 1 is 1.37 bits per heavy atom. The summed E-state index contributed by atoms with van der Waals surface area (Å²) in [5.41, 5.74) is 1.96. The van der Waals surface area contributed by atoms with Crippen LogP contribution in [0.1, 0.15) is 18.9 Å². The van der Waals surface area contributed by atoms with Crippen molar-refractivity contribution in [2.24, 2.45) is 4.99 Å². The molecule has 0 spiro atoms. The molecule has 102 valence electrons. The van der Waals surface area contributed by atoms with Gasteiger partial charge >= 0.3 is 5.97 Å². The highest BCUT2D eigenvalue weighted by Crippen LogP contribution is 2.22. The van der Waals surface area contributed by atoms with E-state index in [1.165, 1.54) is 7.11 Å². The highest BCUT2D eigenvalue weighted by molar-refractivity contribution is 6.54. The molecular formula is C15H19NO3. The van der Waals surface area contributed by atoms with Gasteiger partial charge in [0.15, 0.2) is 0 Å². The van der Waals surface area contributed by atoms with Gasteiger partial charge in [0.2, 0.25) is 0 Å². The van der Waals surface area contributed by atoms with Crippen LogP contribution in [-0.4, -0.2) is 32.9 Å². The predicted octanol–water partition coefficient (Wildman–Crippen LogP) is 2.73. The molecule has 0 amide bonds. The fourth-order valence-corrected chi connectivity index (χ4v) is 1.76. The van der Waals surface area contributed by atoms with Crippen molar-refractivity contribution >= 4 is 17.3 Å². The molecule has 1 aromatic rings. The molecule has 0 aliphatic carbocycles. The average molecular weight is 261 g/mol. The van der Waals surface area contributed by atoms with Gasteiger partial charge in [0.1, 0.15) is 11.5 Å². The summed E-state index contributed by atoms with van der Waals surface area (Å²) in [6, 6.07) is 7.52. The molecule has 0 aliphatic heterocycles. The van der Waals surface area contributed by atoms with E-state index in [-0.39, 0.29) is 0 Å². The van der Waals surface area contributed by atoms with Gasteiger partial charge in [0.25, 0.3) is 0 Å². The highest BCUT2D eigenvalue weighted by atomic mass is 16.5. The van der Waals surface area contributed by atoms with Crippen LogP contribution >= 0.6 is 0 Å². The number of ether oxygens (including phenoxy) is 2. The van der Waals surface area contributed by atoms with Gasteiger partial charge in [-0.1, -0.05) is 25.1 Å². The number of carbonyl (C=O) groups is 1. The average Bonchev–Trinajstić information content (AvgIpc) is 2.46. The topological polar surface area (TPSA) is 47.9 Å². The zero-order valence-corrected chi connectivity index (χ0v) is 11.8. The van der Waals surface area contributed by atoms with Crippen molar-refractivity contribution in [1.82, 2.24) is 0 Å². The maximum atomic E-state index is 11.8. The lowest BCUT2D eigenvalue weighted by molar-refractivity contribution is -0.132. The Labute approximate surface area is 113 Å². The SMILES string of the molecule is CC/C=C(\C(=NC)C(=O)OC)c1cccc(OC)c1. The minimum absolute atomic E-state index is 0.317. The van der Waals surface area contributed by atoms with E-state index in [0.29, 0.717) is 5.71 Å². The number of rotatable bonds is 5. The maximum Gasteiger partial charge on any atom is 0.356 e. The number of benzene rings is 1. The standard InChI is InChI=1S/C15H19NO3/c1-5-7-13(14(16-2)15(17)19-4)11-8-6-9-12(10-11)18-3/h6-10H,5H2,1-4H3/b13-7-,16-14?. The number of hydrogen-bond acceptors (Lipinski definition) is 4. The fraction of sp³-hybridized carbons (Fsp3) is 0.333. The first kappa shape index (κ1) is 15.0. The van der Waals surface area contributed by atoms with Crippen LogP contribution in [0.4, 0.5) is 0 Å². The Balaban J connectivity index is 3.27. The summed E-state index contributed by atoms with van der Waals surface area (Å²) in [5, 5.41) is 0. The smallest absolute Gasteiger partial charge is 0.356 e. The fourth-order valence-electron chi connectivity index (χ4n) is 1.76. The Hall–Kier alpha value is -2.10. The molecular weight excluding hydrogens is 242 g/mol. The first-order chi connectivity index (χ1) is 9.17. The number of nitrogens with zero attached hydrogens (tertiary/aromatic N) is 1. The van der Waals surface area contributed by atoms with Gasteiger partial charge in [-0.2, -0.15) is 0 Å². The molecule has 0 fully saturated rings. The van der Waals surface area contributed by atoms with Crippen LogP contribution in [0.2, 0.25) is 0 Å². The summed E-state index contributed by atoms with van der Waals surface area (Å²) in [5.74, 6) is 0.296. The van der Waals surface area contributed by atoms with Crippen LogP contribution in [0.5, 0.6) is 5.75 Å². The van der Waals surface area contributed by atoms with Crippen LogP contribution in [0.3, 0.4) is 0 Å². The Bertz CT molecular complexity index is 504. The van der Waals surface area contributed by atoms with E-state index < -0.39 is 5.97 Å². The molecule has 0 aliphatic rings. The van der Waals surface area contributed by atoms with Crippen LogP contribution in [-0.2, 0) is 9.53 Å². The molecule has 0 atom stereocenters. The second-order valence-corrected chi connectivity index (χ2v) is 3.82. The summed E-state index contributed by atoms with van der Waals surface area (Å²) < 4.78 is 9.97. The molecule has 0 saturated heterocycles. The molecule has 0 unspecified atom stereocenters. The summed E-state index contributed by atoms with van der Waals surface area (Å²) in [4.78, 5) is 15.8. The maximum absolute atomic E-state index is 11.8. The second-order valence-electron chi connectivity index (χ2n) is 3.82. The van der Waals surface area contributed by atoms with Crippen molar-refractivity contribution in [3.63, 3.8) is 0 Å². The van der Waals surface area contributed by atoms with Crippen LogP contribution in [0.15, 0.2) is 35.3 Å². The molecule has 19 heavy (non-hydrogen) atoms. The van der Waals surface area contributed by atoms with Crippen LogP contribution in [0.25, 0.3) is 5.57 Å². The lowest BCUT2D eigenvalue weighted by Gasteiger charge is -2.10. The number of hydrogen-bond donors (Lipinski definition) is 0. The lowest BCUT2D eigenvalue weighted by Crippen LogP contribution is -2.17. The van der Waals surface area contributed by atoms with Crippen molar-refractivity contribution in [3.05, 3.63) is 35.9 Å². The van der Waals surface area contributed by atoms with Gasteiger partial charge in [-0.25, -0.2) is 4.79 Å². The summed E-state index contributed by atoms with van der Waals surface area (Å²) >= 11 is 0. The largest absolute Gasteiger partial charge is 0.497 e. The predicted molar refractivity (Wildman–Crippen MR) is 76.6 cm³/mol. The first-order valence-corrected chi connectivity index (χ1v) is 6.08. The van der Waals surface area contributed by atoms with Gasteiger partial charge in [-0.15, -0.1) is 0 Å². The van der Waals surface area contributed by atoms with E-state index >= 15 is 0 Å². The Morgan fingerprint density at radius 3 is 2.63 bits per heavy atom. The highest BCUT2D eigenvalue weighted by Gasteiger charge is 2.18. The summed E-state index contributed by atoms with van der Waals surface area (Å²) in [7, 11) is 4.54. The van der Waals surface area contributed by atoms with E-state index in [2.05, 4.69) is 4.99 Å². The van der Waals surface area contributed by atoms with Gasteiger partial charge in [-0.3, -0.25) is 4.99 Å². The van der Waals surface area contributed by atoms with Gasteiger partial charge in [0, 0.05) is 12.6 Å². The third kappa shape index (κ3) is 3.68. The monoisotopic (exact) mass is 261 g/mol. The summed E-state index contributed by atoms with van der Waals surface area (Å²) in [6.45, 7) is 2.00. The van der Waals surface area contributed by atoms with Crippen LogP contribution < -0.4 is 4.74 Å². The van der Waals surface area contributed by atoms with E-state index in [4.69, 9.17) is 9.47 Å². The molecule has 1 aromatic carbocycles. The van der Waals surface area contributed by atoms with Crippen molar-refractivity contribution in [3.8, 4) is 5.75 Å². The summed E-state index contributed by atoms with van der Waals surface area (Å²) in [6.07, 6.45) is 2.75. The zero-order valence-electron chi connectivity index (χ0n) is 11.8. The number of esters is 1. The molecule has 0 aromatic heterocycles. The molecule has 4 heteroatoms. The van der Waals surface area contributed by atoms with E-state index in [9.17, 15) is 4.79 Å². The number of carbonyl (C=O) groups excluding carboxylic acids is 1. The van der Waals surface area contributed by atoms with Crippen molar-refractivity contribution in [1.29, 1.82) is 0 Å². The van der Waals surface area contributed by atoms with Gasteiger partial charge < -0.3 is 9.47 Å². The molecule has 4 nitrogen and oxygen atoms in total. The van der Waals surface area contributed by atoms with E-state index in [1.807, 2.05) is 37.3 Å². The minimum Gasteiger partial charge on any atom is -0.497 e. The molecule has 1 rings (SSSR count). The van der Waals surface area contributed by atoms with Crippen LogP contribution in [0, 0.1) is 0 Å². The number of methoxy groups -OCH3 is 2. The van der Waals surface area contributed by atoms with Gasteiger partial charge in [-0.05, 0) is 24.1 Å². The first-order valence-electron chi connectivity index (χ1n) is 6.08. The molecule has 0 N–H and O–H groups in total. The van der Waals surface area contributed by atoms with E-state index in [1.54, 1.807) is 14.2 Å². The Kier molecular flexibility index (Phi) is 5.79. The second kappa shape index (κ2) is 7.36. The molecule has 0 saturated carbocycles. The Morgan fingerprint density at radius 2 is 2.11 bits per heavy atom. The zero-order chi connectivity index (χ0) is 14.3. The molecule has 0 bridgehead atoms. The quantitative estimate of drug-likeness (QED) is 0.605. The minimum atomic E-state index is -0.440. The van der Waals surface area contributed by atoms with Crippen molar-refractivity contribution < 1.29 is 14.3 Å². The van der Waals surface area contributed by atoms with Crippen molar-refractivity contribution in [2.75, 3.05) is 21.3 Å². The third-order valence-corrected chi connectivity index (χ3v) is 2.65. The van der Waals surface area contributed by atoms with Gasteiger partial charge in [0.05, 0.1) is 14.2 Å².